The van der Waals surface area contributed by atoms with Crippen LogP contribution >= 0.6 is 11.3 Å². The Bertz CT molecular complexity index is 978. The zero-order valence-electron chi connectivity index (χ0n) is 12.5. The molecule has 118 valence electrons. The average Bonchev–Trinajstić information content (AvgIpc) is 3.19. The van der Waals surface area contributed by atoms with Crippen LogP contribution in [0.25, 0.3) is 11.1 Å². The minimum absolute atomic E-state index is 0.0375. The van der Waals surface area contributed by atoms with Crippen LogP contribution in [-0.2, 0) is 6.42 Å². The third kappa shape index (κ3) is 2.47. The van der Waals surface area contributed by atoms with E-state index in [2.05, 4.69) is 17.4 Å². The van der Waals surface area contributed by atoms with E-state index in [1.165, 1.54) is 34.4 Å². The summed E-state index contributed by atoms with van der Waals surface area (Å²) in [4.78, 5) is 22.8. The lowest BCUT2D eigenvalue weighted by Gasteiger charge is -2.06. The summed E-state index contributed by atoms with van der Waals surface area (Å²) in [5.41, 5.74) is 5.58. The van der Waals surface area contributed by atoms with Gasteiger partial charge in [-0.1, -0.05) is 41.7 Å². The Kier molecular flexibility index (Phi) is 3.39. The van der Waals surface area contributed by atoms with E-state index in [0.717, 1.165) is 17.8 Å². The van der Waals surface area contributed by atoms with Gasteiger partial charge in [-0.3, -0.25) is 14.9 Å². The molecule has 4 rings (SSSR count). The van der Waals surface area contributed by atoms with Crippen molar-refractivity contribution in [3.8, 4) is 11.1 Å². The van der Waals surface area contributed by atoms with E-state index >= 15 is 0 Å². The molecule has 0 radical (unpaired) electrons. The Morgan fingerprint density at radius 3 is 2.62 bits per heavy atom. The van der Waals surface area contributed by atoms with Crippen molar-refractivity contribution in [1.29, 1.82) is 0 Å². The normalized spacial score (nSPS) is 11.7. The van der Waals surface area contributed by atoms with Crippen molar-refractivity contribution < 1.29 is 9.72 Å². The molecular formula is C18H12N2O3S. The quantitative estimate of drug-likeness (QED) is 0.443. The minimum atomic E-state index is -0.492. The highest BCUT2D eigenvalue weighted by Gasteiger charge is 2.19. The largest absolute Gasteiger partial charge is 0.324 e. The van der Waals surface area contributed by atoms with Gasteiger partial charge >= 0.3 is 5.00 Å². The highest BCUT2D eigenvalue weighted by Crippen LogP contribution is 2.37. The second-order valence-electron chi connectivity index (χ2n) is 5.55. The third-order valence-corrected chi connectivity index (χ3v) is 5.08. The molecule has 1 aliphatic carbocycles. The van der Waals surface area contributed by atoms with E-state index in [1.54, 1.807) is 0 Å². The number of rotatable bonds is 3. The number of fused-ring (bicyclic) bond motifs is 3. The van der Waals surface area contributed by atoms with Crippen LogP contribution in [0.4, 0.5) is 10.7 Å². The van der Waals surface area contributed by atoms with Gasteiger partial charge < -0.3 is 5.32 Å². The van der Waals surface area contributed by atoms with Gasteiger partial charge in [0.05, 0.1) is 9.80 Å². The van der Waals surface area contributed by atoms with Crippen LogP contribution in [0.2, 0.25) is 0 Å². The molecule has 0 unspecified atom stereocenters. The van der Waals surface area contributed by atoms with Crippen LogP contribution in [-0.4, -0.2) is 10.8 Å². The molecule has 3 aromatic rings. The summed E-state index contributed by atoms with van der Waals surface area (Å²) in [6, 6.07) is 16.9. The molecule has 24 heavy (non-hydrogen) atoms. The fourth-order valence-corrected chi connectivity index (χ4v) is 3.68. The third-order valence-electron chi connectivity index (χ3n) is 4.05. The molecule has 2 aromatic carbocycles. The fraction of sp³-hybridized carbons (Fsp3) is 0.0556. The number of carbonyl (C=O) groups excluding carboxylic acids is 1. The molecule has 0 saturated heterocycles. The SMILES string of the molecule is O=C(Nc1ccc2c(c1)Cc1ccccc1-2)c1ccc([N+](=O)[O-])s1. The van der Waals surface area contributed by atoms with Crippen molar-refractivity contribution in [2.24, 2.45) is 0 Å². The molecular weight excluding hydrogens is 324 g/mol. The predicted octanol–water partition coefficient (Wildman–Crippen LogP) is 4.48. The number of anilines is 1. The topological polar surface area (TPSA) is 72.2 Å². The van der Waals surface area contributed by atoms with Crippen molar-refractivity contribution in [3.05, 3.63) is 80.7 Å². The molecule has 0 fully saturated rings. The molecule has 0 bridgehead atoms. The monoisotopic (exact) mass is 336 g/mol. The van der Waals surface area contributed by atoms with Crippen LogP contribution in [0.5, 0.6) is 0 Å². The molecule has 1 N–H and O–H groups in total. The highest BCUT2D eigenvalue weighted by molar-refractivity contribution is 7.17. The number of hydrogen-bond acceptors (Lipinski definition) is 4. The molecule has 0 spiro atoms. The van der Waals surface area contributed by atoms with Gasteiger partial charge in [-0.2, -0.15) is 0 Å². The van der Waals surface area contributed by atoms with E-state index in [0.29, 0.717) is 10.6 Å². The Balaban J connectivity index is 1.57. The first-order valence-corrected chi connectivity index (χ1v) is 8.20. The molecule has 0 atom stereocenters. The second-order valence-corrected chi connectivity index (χ2v) is 6.62. The van der Waals surface area contributed by atoms with Crippen LogP contribution in [0.15, 0.2) is 54.6 Å². The van der Waals surface area contributed by atoms with Crippen molar-refractivity contribution in [2.75, 3.05) is 5.32 Å². The lowest BCUT2D eigenvalue weighted by molar-refractivity contribution is -0.380. The average molecular weight is 336 g/mol. The van der Waals surface area contributed by atoms with Crippen molar-refractivity contribution in [2.45, 2.75) is 6.42 Å². The lowest BCUT2D eigenvalue weighted by Crippen LogP contribution is -2.10. The number of amides is 1. The summed E-state index contributed by atoms with van der Waals surface area (Å²) in [5.74, 6) is -0.330. The molecule has 0 saturated carbocycles. The standard InChI is InChI=1S/C18H12N2O3S/c21-18(16-7-8-17(24-16)20(22)23)19-13-5-6-15-12(10-13)9-11-3-1-2-4-14(11)15/h1-8,10H,9H2,(H,19,21). The maximum absolute atomic E-state index is 12.2. The first kappa shape index (κ1) is 14.6. The van der Waals surface area contributed by atoms with Gasteiger partial charge in [-0.25, -0.2) is 0 Å². The van der Waals surface area contributed by atoms with Gasteiger partial charge in [-0.15, -0.1) is 0 Å². The van der Waals surface area contributed by atoms with E-state index < -0.39 is 4.92 Å². The first-order valence-electron chi connectivity index (χ1n) is 7.38. The van der Waals surface area contributed by atoms with Crippen LogP contribution < -0.4 is 5.32 Å². The number of nitrogens with zero attached hydrogens (tertiary/aromatic N) is 1. The summed E-state index contributed by atoms with van der Waals surface area (Å²) in [5, 5.41) is 13.5. The Morgan fingerprint density at radius 1 is 1.04 bits per heavy atom. The number of thiophene rings is 1. The number of benzene rings is 2. The second kappa shape index (κ2) is 5.58. The van der Waals surface area contributed by atoms with Gasteiger partial charge in [-0.05, 0) is 46.9 Å². The fourth-order valence-electron chi connectivity index (χ4n) is 2.96. The number of carbonyl (C=O) groups is 1. The van der Waals surface area contributed by atoms with Crippen LogP contribution in [0, 0.1) is 10.1 Å². The zero-order valence-corrected chi connectivity index (χ0v) is 13.3. The Labute approximate surface area is 141 Å². The van der Waals surface area contributed by atoms with Crippen molar-refractivity contribution >= 4 is 27.9 Å². The van der Waals surface area contributed by atoms with Crippen molar-refractivity contribution in [3.63, 3.8) is 0 Å². The summed E-state index contributed by atoms with van der Waals surface area (Å²) in [6.07, 6.45) is 0.847. The lowest BCUT2D eigenvalue weighted by atomic mass is 10.1. The molecule has 1 amide bonds. The van der Waals surface area contributed by atoms with E-state index in [1.807, 2.05) is 30.3 Å². The predicted molar refractivity (Wildman–Crippen MR) is 93.6 cm³/mol. The highest BCUT2D eigenvalue weighted by atomic mass is 32.1. The smallest absolute Gasteiger partial charge is 0.321 e. The maximum atomic E-state index is 12.2. The number of hydrogen-bond donors (Lipinski definition) is 1. The van der Waals surface area contributed by atoms with E-state index in [9.17, 15) is 14.9 Å². The van der Waals surface area contributed by atoms with Crippen LogP contribution in [0.1, 0.15) is 20.8 Å². The van der Waals surface area contributed by atoms with Gasteiger partial charge in [0.25, 0.3) is 5.91 Å². The van der Waals surface area contributed by atoms with Gasteiger partial charge in [0.2, 0.25) is 0 Å². The molecule has 0 aliphatic heterocycles. The minimum Gasteiger partial charge on any atom is -0.321 e. The molecule has 5 nitrogen and oxygen atoms in total. The first-order chi connectivity index (χ1) is 11.6. The molecule has 6 heteroatoms. The van der Waals surface area contributed by atoms with Gasteiger partial charge in [0.1, 0.15) is 0 Å². The van der Waals surface area contributed by atoms with Crippen molar-refractivity contribution in [1.82, 2.24) is 0 Å². The summed E-state index contributed by atoms with van der Waals surface area (Å²) in [6.45, 7) is 0. The molecule has 1 aromatic heterocycles. The van der Waals surface area contributed by atoms with Gasteiger partial charge in [0, 0.05) is 11.8 Å². The van der Waals surface area contributed by atoms with E-state index in [4.69, 9.17) is 0 Å². The molecule has 1 aliphatic rings. The Morgan fingerprint density at radius 2 is 1.83 bits per heavy atom. The number of nitro groups is 1. The summed E-state index contributed by atoms with van der Waals surface area (Å²) >= 11 is 0.872. The number of nitrogens with one attached hydrogen (secondary N) is 1. The van der Waals surface area contributed by atoms with E-state index in [-0.39, 0.29) is 10.9 Å². The zero-order chi connectivity index (χ0) is 16.7. The maximum Gasteiger partial charge on any atom is 0.324 e. The van der Waals surface area contributed by atoms with Crippen LogP contribution in [0.3, 0.4) is 0 Å². The molecule has 1 heterocycles. The summed E-state index contributed by atoms with van der Waals surface area (Å²) < 4.78 is 0. The van der Waals surface area contributed by atoms with Gasteiger partial charge in [0.15, 0.2) is 0 Å². The summed E-state index contributed by atoms with van der Waals surface area (Å²) in [7, 11) is 0. The Hall–Kier alpha value is -2.99.